The Kier molecular flexibility index (Phi) is 8.46. The molecule has 0 saturated carbocycles. The maximum atomic E-state index is 11.6. The van der Waals surface area contributed by atoms with Crippen molar-refractivity contribution in [3.63, 3.8) is 0 Å². The molecule has 29 heavy (non-hydrogen) atoms. The molecule has 2 fully saturated rings. The molecule has 10 unspecified atom stereocenters. The van der Waals surface area contributed by atoms with E-state index in [4.69, 9.17) is 14.2 Å². The van der Waals surface area contributed by atoms with E-state index in [1.54, 1.807) is 0 Å². The summed E-state index contributed by atoms with van der Waals surface area (Å²) in [4.78, 5) is 23.0. The van der Waals surface area contributed by atoms with Crippen LogP contribution >= 0.6 is 0 Å². The van der Waals surface area contributed by atoms with Crippen LogP contribution < -0.4 is 5.32 Å². The molecule has 0 spiro atoms. The summed E-state index contributed by atoms with van der Waals surface area (Å²) in [6, 6.07) is -1.28. The first-order chi connectivity index (χ1) is 13.6. The molecule has 0 bridgehead atoms. The van der Waals surface area contributed by atoms with Crippen molar-refractivity contribution in [1.82, 2.24) is 5.32 Å². The Morgan fingerprint density at radius 1 is 0.931 bits per heavy atom. The molecule has 0 aliphatic carbocycles. The van der Waals surface area contributed by atoms with Gasteiger partial charge in [0.25, 0.3) is 0 Å². The molecule has 0 radical (unpaired) electrons. The molecule has 10 atom stereocenters. The largest absolute Gasteiger partial charge is 0.394 e. The zero-order chi connectivity index (χ0) is 21.9. The summed E-state index contributed by atoms with van der Waals surface area (Å²) in [6.45, 7) is 1.13. The number of hydrogen-bond donors (Lipinski definition) is 7. The van der Waals surface area contributed by atoms with Crippen LogP contribution in [-0.4, -0.2) is 111 Å². The SMILES string of the molecule is CC(=O)CC1C(OC2C(CO)OC(O)C(NC(C)=O)C2O)OC(CO)C(O)C1O. The first kappa shape index (κ1) is 24.1. The molecule has 2 heterocycles. The first-order valence-electron chi connectivity index (χ1n) is 9.27. The van der Waals surface area contributed by atoms with Gasteiger partial charge >= 0.3 is 0 Å². The number of amides is 1. The Morgan fingerprint density at radius 3 is 2.07 bits per heavy atom. The van der Waals surface area contributed by atoms with E-state index in [1.165, 1.54) is 13.8 Å². The summed E-state index contributed by atoms with van der Waals surface area (Å²) in [5, 5.41) is 62.3. The average Bonchev–Trinajstić information content (AvgIpc) is 2.65. The number of nitrogens with one attached hydrogen (secondary N) is 1. The van der Waals surface area contributed by atoms with Gasteiger partial charge < -0.3 is 55.0 Å². The minimum absolute atomic E-state index is 0.230. The quantitative estimate of drug-likeness (QED) is 0.211. The van der Waals surface area contributed by atoms with E-state index >= 15 is 0 Å². The molecule has 7 N–H and O–H groups in total. The highest BCUT2D eigenvalue weighted by atomic mass is 16.7. The Hall–Kier alpha value is -1.22. The van der Waals surface area contributed by atoms with Gasteiger partial charge in [0.15, 0.2) is 12.6 Å². The fraction of sp³-hybridized carbons (Fsp3) is 0.882. The fourth-order valence-corrected chi connectivity index (χ4v) is 3.62. The Bertz CT molecular complexity index is 576. The number of ether oxygens (including phenoxy) is 3. The lowest BCUT2D eigenvalue weighted by Gasteiger charge is -2.47. The van der Waals surface area contributed by atoms with Crippen LogP contribution in [0.4, 0.5) is 0 Å². The van der Waals surface area contributed by atoms with Crippen LogP contribution in [0.2, 0.25) is 0 Å². The van der Waals surface area contributed by atoms with Crippen LogP contribution in [0.5, 0.6) is 0 Å². The van der Waals surface area contributed by atoms with E-state index in [0.717, 1.165) is 0 Å². The van der Waals surface area contributed by atoms with Gasteiger partial charge in [0.2, 0.25) is 5.91 Å². The molecule has 2 aliphatic heterocycles. The molecule has 0 aromatic rings. The van der Waals surface area contributed by atoms with Gasteiger partial charge in [-0.15, -0.1) is 0 Å². The van der Waals surface area contributed by atoms with Crippen molar-refractivity contribution in [1.29, 1.82) is 0 Å². The first-order valence-corrected chi connectivity index (χ1v) is 9.27. The number of carbonyl (C=O) groups excluding carboxylic acids is 2. The van der Waals surface area contributed by atoms with Gasteiger partial charge in [-0.3, -0.25) is 4.79 Å². The van der Waals surface area contributed by atoms with Gasteiger partial charge in [-0.1, -0.05) is 0 Å². The predicted molar refractivity (Wildman–Crippen MR) is 93.0 cm³/mol. The van der Waals surface area contributed by atoms with Crippen molar-refractivity contribution < 1.29 is 54.4 Å². The van der Waals surface area contributed by atoms with E-state index in [0.29, 0.717) is 0 Å². The lowest BCUT2D eigenvalue weighted by atomic mass is 9.87. The van der Waals surface area contributed by atoms with Gasteiger partial charge in [0.05, 0.1) is 19.3 Å². The highest BCUT2D eigenvalue weighted by Gasteiger charge is 2.51. The Balaban J connectivity index is 2.26. The lowest BCUT2D eigenvalue weighted by Crippen LogP contribution is -2.66. The number of aliphatic hydroxyl groups excluding tert-OH is 6. The molecule has 168 valence electrons. The summed E-state index contributed by atoms with van der Waals surface area (Å²) >= 11 is 0. The summed E-state index contributed by atoms with van der Waals surface area (Å²) in [7, 11) is 0. The van der Waals surface area contributed by atoms with Gasteiger partial charge in [-0.2, -0.15) is 0 Å². The second-order valence-electron chi connectivity index (χ2n) is 7.34. The zero-order valence-electron chi connectivity index (χ0n) is 16.1. The van der Waals surface area contributed by atoms with E-state index in [9.17, 15) is 40.2 Å². The third kappa shape index (κ3) is 5.48. The van der Waals surface area contributed by atoms with Crippen molar-refractivity contribution in [2.75, 3.05) is 13.2 Å². The van der Waals surface area contributed by atoms with Crippen LogP contribution in [0.25, 0.3) is 0 Å². The topological polar surface area (TPSA) is 195 Å². The highest BCUT2D eigenvalue weighted by Crippen LogP contribution is 2.33. The minimum atomic E-state index is -1.62. The number of ketones is 1. The summed E-state index contributed by atoms with van der Waals surface area (Å²) in [6.07, 6.45) is -11.5. The maximum absolute atomic E-state index is 11.6. The van der Waals surface area contributed by atoms with Crippen LogP contribution in [0.15, 0.2) is 0 Å². The summed E-state index contributed by atoms with van der Waals surface area (Å²) in [5.74, 6) is -1.92. The standard InChI is InChI=1S/C17H29NO11/c1-6(21)3-8-12(23)13(24)9(4-19)28-17(8)29-15-10(5-20)27-16(26)11(14(15)25)18-7(2)22/h8-17,19-20,23-26H,3-5H2,1-2H3,(H,18,22). The van der Waals surface area contributed by atoms with Gasteiger partial charge in [0.1, 0.15) is 42.3 Å². The van der Waals surface area contributed by atoms with Crippen molar-refractivity contribution in [2.24, 2.45) is 5.92 Å². The fourth-order valence-electron chi connectivity index (χ4n) is 3.62. The number of carbonyl (C=O) groups is 2. The van der Waals surface area contributed by atoms with Gasteiger partial charge in [-0.25, -0.2) is 0 Å². The lowest BCUT2D eigenvalue weighted by molar-refractivity contribution is -0.337. The maximum Gasteiger partial charge on any atom is 0.217 e. The zero-order valence-corrected chi connectivity index (χ0v) is 16.1. The second kappa shape index (κ2) is 10.2. The van der Waals surface area contributed by atoms with Gasteiger partial charge in [0, 0.05) is 19.3 Å². The highest BCUT2D eigenvalue weighted by molar-refractivity contribution is 5.75. The van der Waals surface area contributed by atoms with Crippen LogP contribution in [-0.2, 0) is 23.8 Å². The summed E-state index contributed by atoms with van der Waals surface area (Å²) in [5.41, 5.74) is 0. The Labute approximate surface area is 167 Å². The van der Waals surface area contributed by atoms with Crippen molar-refractivity contribution >= 4 is 11.7 Å². The third-order valence-corrected chi connectivity index (χ3v) is 5.06. The molecule has 2 aliphatic rings. The van der Waals surface area contributed by atoms with E-state index in [1.807, 2.05) is 0 Å². The van der Waals surface area contributed by atoms with E-state index < -0.39 is 80.3 Å². The van der Waals surface area contributed by atoms with Crippen molar-refractivity contribution in [3.8, 4) is 0 Å². The number of aliphatic hydroxyl groups is 6. The molecule has 12 nitrogen and oxygen atoms in total. The van der Waals surface area contributed by atoms with Crippen molar-refractivity contribution in [2.45, 2.75) is 75.5 Å². The minimum Gasteiger partial charge on any atom is -0.394 e. The normalized spacial score (nSPS) is 43.0. The Morgan fingerprint density at radius 2 is 1.55 bits per heavy atom. The number of hydrogen-bond acceptors (Lipinski definition) is 11. The molecule has 1 amide bonds. The van der Waals surface area contributed by atoms with Crippen LogP contribution in [0, 0.1) is 5.92 Å². The summed E-state index contributed by atoms with van der Waals surface area (Å²) < 4.78 is 16.4. The molecular weight excluding hydrogens is 394 g/mol. The monoisotopic (exact) mass is 423 g/mol. The van der Waals surface area contributed by atoms with Crippen LogP contribution in [0.1, 0.15) is 20.3 Å². The molecule has 12 heteroatoms. The molecular formula is C17H29NO11. The third-order valence-electron chi connectivity index (χ3n) is 5.06. The van der Waals surface area contributed by atoms with E-state index in [2.05, 4.69) is 5.32 Å². The number of rotatable bonds is 7. The molecule has 0 aromatic heterocycles. The predicted octanol–water partition coefficient (Wildman–Crippen LogP) is -4.02. The molecule has 2 rings (SSSR count). The smallest absolute Gasteiger partial charge is 0.217 e. The van der Waals surface area contributed by atoms with Gasteiger partial charge in [-0.05, 0) is 6.92 Å². The van der Waals surface area contributed by atoms with Crippen LogP contribution in [0.3, 0.4) is 0 Å². The van der Waals surface area contributed by atoms with Crippen molar-refractivity contribution in [3.05, 3.63) is 0 Å². The average molecular weight is 423 g/mol. The number of Topliss-reactive ketones (excluding diaryl/α,β-unsaturated/α-hetero) is 1. The molecule has 2 saturated heterocycles. The second-order valence-corrected chi connectivity index (χ2v) is 7.34. The van der Waals surface area contributed by atoms with E-state index in [-0.39, 0.29) is 12.2 Å². The molecule has 0 aromatic carbocycles.